The summed E-state index contributed by atoms with van der Waals surface area (Å²) in [4.78, 5) is 68.7. The third kappa shape index (κ3) is 5.95. The van der Waals surface area contributed by atoms with Gasteiger partial charge in [-0.05, 0) is 79.1 Å². The topological polar surface area (TPSA) is 161 Å². The molecule has 2 aliphatic carbocycles. The van der Waals surface area contributed by atoms with Crippen molar-refractivity contribution in [2.24, 2.45) is 29.6 Å². The number of alkyl halides is 3. The predicted octanol–water partition coefficient (Wildman–Crippen LogP) is 6.46. The van der Waals surface area contributed by atoms with Gasteiger partial charge in [-0.25, -0.2) is 0 Å². The lowest BCUT2D eigenvalue weighted by Crippen LogP contribution is -2.42. The summed E-state index contributed by atoms with van der Waals surface area (Å²) in [6.45, 7) is 1.50. The normalized spacial score (nSPS) is 25.5. The van der Waals surface area contributed by atoms with Crippen molar-refractivity contribution < 1.29 is 42.0 Å². The van der Waals surface area contributed by atoms with E-state index in [9.17, 15) is 42.5 Å². The van der Waals surface area contributed by atoms with E-state index < -0.39 is 41.0 Å². The fraction of sp³-hybridized carbons (Fsp3) is 0.333. The molecule has 3 aromatic carbocycles. The first-order valence-electron chi connectivity index (χ1n) is 16.7. The van der Waals surface area contributed by atoms with Crippen molar-refractivity contribution in [2.75, 3.05) is 23.4 Å². The molecule has 2 N–H and O–H groups in total. The number of hydrogen-bond acceptors (Lipinski definition) is 10. The average molecular weight is 767 g/mol. The zero-order chi connectivity index (χ0) is 37.3. The van der Waals surface area contributed by atoms with Crippen LogP contribution in [0.25, 0.3) is 0 Å². The number of carbonyl (C=O) groups is 3. The molecule has 53 heavy (non-hydrogen) atoms. The van der Waals surface area contributed by atoms with E-state index >= 15 is 0 Å². The smallest absolute Gasteiger partial charge is 0.416 e. The Hall–Kier alpha value is -5.16. The second-order valence-corrected chi connectivity index (χ2v) is 15.5. The maximum Gasteiger partial charge on any atom is 0.416 e. The van der Waals surface area contributed by atoms with Gasteiger partial charge < -0.3 is 19.8 Å². The van der Waals surface area contributed by atoms with Crippen LogP contribution in [0, 0.1) is 39.7 Å². The number of carbonyl (C=O) groups excluding carboxylic acids is 3. The Morgan fingerprint density at radius 2 is 1.74 bits per heavy atom. The number of amides is 3. The van der Waals surface area contributed by atoms with Crippen LogP contribution >= 0.6 is 23.1 Å². The number of thioether (sulfide) groups is 1. The van der Waals surface area contributed by atoms with Crippen LogP contribution in [0.2, 0.25) is 0 Å². The molecule has 12 nitrogen and oxygen atoms in total. The van der Waals surface area contributed by atoms with Crippen molar-refractivity contribution in [1.29, 1.82) is 0 Å². The van der Waals surface area contributed by atoms with E-state index in [2.05, 4.69) is 10.3 Å². The van der Waals surface area contributed by atoms with Crippen molar-refractivity contribution in [3.8, 4) is 11.5 Å². The molecule has 0 spiro atoms. The summed E-state index contributed by atoms with van der Waals surface area (Å²) in [5.74, 6) is -2.75. The number of H-pyrrole nitrogens is 1. The van der Waals surface area contributed by atoms with Gasteiger partial charge in [-0.2, -0.15) is 13.2 Å². The zero-order valence-electron chi connectivity index (χ0n) is 27.6. The van der Waals surface area contributed by atoms with E-state index in [1.807, 2.05) is 6.07 Å². The molecule has 4 aromatic rings. The van der Waals surface area contributed by atoms with Gasteiger partial charge in [0.2, 0.25) is 11.8 Å². The summed E-state index contributed by atoms with van der Waals surface area (Å²) in [5, 5.41) is 14.2. The number of aromatic amines is 1. The number of non-ortho nitro benzene ring substituents is 1. The maximum absolute atomic E-state index is 14.1. The molecule has 3 heterocycles. The first-order chi connectivity index (χ1) is 25.3. The molecule has 1 saturated heterocycles. The summed E-state index contributed by atoms with van der Waals surface area (Å²) in [5.41, 5.74) is -0.0170. The Labute approximate surface area is 306 Å². The minimum atomic E-state index is -4.57. The van der Waals surface area contributed by atoms with Gasteiger partial charge in [0.15, 0.2) is 18.1 Å². The Morgan fingerprint density at radius 1 is 1.00 bits per heavy atom. The van der Waals surface area contributed by atoms with E-state index in [0.29, 0.717) is 17.2 Å². The molecule has 2 bridgehead atoms. The largest absolute Gasteiger partial charge is 0.490 e. The van der Waals surface area contributed by atoms with Gasteiger partial charge in [0.1, 0.15) is 0 Å². The van der Waals surface area contributed by atoms with Crippen LogP contribution in [0.1, 0.15) is 35.3 Å². The molecule has 17 heteroatoms. The first-order valence-corrected chi connectivity index (χ1v) is 18.4. The van der Waals surface area contributed by atoms with Gasteiger partial charge in [-0.15, -0.1) is 11.8 Å². The number of fused-ring (bicyclic) bond motifs is 9. The van der Waals surface area contributed by atoms with Crippen molar-refractivity contribution in [3.63, 3.8) is 0 Å². The third-order valence-corrected chi connectivity index (χ3v) is 13.1. The quantitative estimate of drug-likeness (QED) is 0.111. The highest BCUT2D eigenvalue weighted by Gasteiger charge is 2.69. The fourth-order valence-corrected chi connectivity index (χ4v) is 11.5. The van der Waals surface area contributed by atoms with Crippen LogP contribution in [0.15, 0.2) is 76.6 Å². The molecule has 2 saturated carbocycles. The van der Waals surface area contributed by atoms with Crippen LogP contribution in [0.4, 0.5) is 30.2 Å². The number of nitrogens with zero attached hydrogens (tertiary/aromatic N) is 2. The second-order valence-electron chi connectivity index (χ2n) is 13.3. The Morgan fingerprint density at radius 3 is 2.43 bits per heavy atom. The van der Waals surface area contributed by atoms with Crippen molar-refractivity contribution in [1.82, 2.24) is 4.98 Å². The molecule has 2 aliphatic heterocycles. The predicted molar refractivity (Wildman–Crippen MR) is 187 cm³/mol. The summed E-state index contributed by atoms with van der Waals surface area (Å²) in [6.07, 6.45) is -3.92. The van der Waals surface area contributed by atoms with E-state index in [1.165, 1.54) is 48.2 Å². The Bertz CT molecular complexity index is 2220. The van der Waals surface area contributed by atoms with Gasteiger partial charge in [0, 0.05) is 33.9 Å². The molecule has 1 aromatic heterocycles. The highest BCUT2D eigenvalue weighted by Crippen LogP contribution is 2.69. The third-order valence-electron chi connectivity index (χ3n) is 10.5. The number of nitro groups is 1. The highest BCUT2D eigenvalue weighted by molar-refractivity contribution is 8.00. The first kappa shape index (κ1) is 34.9. The second kappa shape index (κ2) is 13.1. The lowest BCUT2D eigenvalue weighted by Gasteiger charge is -2.43. The zero-order valence-corrected chi connectivity index (χ0v) is 29.3. The molecule has 3 fully saturated rings. The van der Waals surface area contributed by atoms with Crippen LogP contribution in [0.3, 0.4) is 0 Å². The minimum absolute atomic E-state index is 0.0359. The van der Waals surface area contributed by atoms with Gasteiger partial charge >= 0.3 is 11.0 Å². The molecule has 3 amide bonds. The molecular weight excluding hydrogens is 738 g/mol. The van der Waals surface area contributed by atoms with Crippen LogP contribution in [-0.4, -0.2) is 46.1 Å². The Kier molecular flexibility index (Phi) is 8.59. The summed E-state index contributed by atoms with van der Waals surface area (Å²) in [6, 6.07) is 14.9. The lowest BCUT2D eigenvalue weighted by atomic mass is 9.68. The standard InChI is InChI=1S/C36H29F3N4O8S2/c1-2-50-24-12-16(6-11-23(24)51-15-25(44)40-18-5-3-4-17(13-18)36(37,38)39)26-27-21-14-22(30(27)52-32-31(26)53-35(47)41-32)29-28(21)33(45)42(34(29)46)19-7-9-20(10-8-19)43(48)49/h3-13,21-22,26-30H,2,14-15H2,1H3,(H,40,44)(H,41,47)/t21-,22-,26-,27?,28?,29?,30?/m1/s1. The van der Waals surface area contributed by atoms with Gasteiger partial charge in [-0.1, -0.05) is 23.5 Å². The van der Waals surface area contributed by atoms with Crippen LogP contribution < -0.4 is 24.6 Å². The number of ether oxygens (including phenoxy) is 2. The van der Waals surface area contributed by atoms with E-state index in [0.717, 1.165) is 38.8 Å². The van der Waals surface area contributed by atoms with E-state index in [1.54, 1.807) is 19.1 Å². The van der Waals surface area contributed by atoms with Crippen molar-refractivity contribution in [2.45, 2.75) is 35.7 Å². The number of rotatable bonds is 9. The minimum Gasteiger partial charge on any atom is -0.490 e. The van der Waals surface area contributed by atoms with Gasteiger partial charge in [0.05, 0.1) is 39.6 Å². The molecule has 274 valence electrons. The number of aromatic nitrogens is 1. The summed E-state index contributed by atoms with van der Waals surface area (Å²) < 4.78 is 51.1. The average Bonchev–Trinajstić information content (AvgIpc) is 3.86. The van der Waals surface area contributed by atoms with E-state index in [-0.39, 0.29) is 75.0 Å². The number of nitro benzene ring substituents is 1. The monoisotopic (exact) mass is 766 g/mol. The summed E-state index contributed by atoms with van der Waals surface area (Å²) in [7, 11) is 0. The number of benzene rings is 3. The van der Waals surface area contributed by atoms with Gasteiger partial charge in [-0.3, -0.25) is 34.2 Å². The SMILES string of the molecule is CCOc1cc([C@H]2c3sc(=O)[nH]c3SC3C2[C@H]2C[C@@H]3C3C(=O)N(c4ccc([N+](=O)[O-])cc4)C(=O)C32)ccc1OCC(=O)Nc1cccc(C(F)(F)F)c1. The van der Waals surface area contributed by atoms with E-state index in [4.69, 9.17) is 9.47 Å². The molecule has 7 atom stereocenters. The van der Waals surface area contributed by atoms with Crippen molar-refractivity contribution >= 4 is 57.9 Å². The number of anilines is 2. The van der Waals surface area contributed by atoms with Crippen LogP contribution in [-0.2, 0) is 20.6 Å². The summed E-state index contributed by atoms with van der Waals surface area (Å²) >= 11 is 2.62. The number of thiazole rings is 1. The fourth-order valence-electron chi connectivity index (χ4n) is 8.59. The van der Waals surface area contributed by atoms with Crippen LogP contribution in [0.5, 0.6) is 11.5 Å². The highest BCUT2D eigenvalue weighted by atomic mass is 32.2. The number of imide groups is 1. The molecule has 4 aliphatic rings. The Balaban J connectivity index is 1.07. The lowest BCUT2D eigenvalue weighted by molar-refractivity contribution is -0.384. The molecule has 4 unspecified atom stereocenters. The number of halogens is 3. The van der Waals surface area contributed by atoms with Gasteiger partial charge in [0.25, 0.3) is 11.6 Å². The maximum atomic E-state index is 14.1. The molecule has 0 radical (unpaired) electrons. The molecular formula is C36H29F3N4O8S2. The number of hydrogen-bond donors (Lipinski definition) is 2. The van der Waals surface area contributed by atoms with Crippen molar-refractivity contribution in [3.05, 3.63) is 103 Å². The number of nitrogens with one attached hydrogen (secondary N) is 2. The molecule has 8 rings (SSSR count).